The molecule has 0 unspecified atom stereocenters. The van der Waals surface area contributed by atoms with Crippen molar-refractivity contribution in [2.75, 3.05) is 0 Å². The van der Waals surface area contributed by atoms with Gasteiger partial charge in [-0.25, -0.2) is 4.39 Å². The van der Waals surface area contributed by atoms with Crippen LogP contribution in [0.5, 0.6) is 0 Å². The Bertz CT molecular complexity index is 437. The second-order valence-corrected chi connectivity index (χ2v) is 3.35. The summed E-state index contributed by atoms with van der Waals surface area (Å²) in [6, 6.07) is 14.7. The Morgan fingerprint density at radius 3 is 2.43 bits per heavy atom. The van der Waals surface area contributed by atoms with Gasteiger partial charge in [0.15, 0.2) is 0 Å². The van der Waals surface area contributed by atoms with Crippen LogP contribution in [0, 0.1) is 11.9 Å². The van der Waals surface area contributed by atoms with Crippen molar-refractivity contribution in [1.29, 1.82) is 0 Å². The molecule has 0 aliphatic rings. The third-order valence-corrected chi connectivity index (χ3v) is 2.20. The highest BCUT2D eigenvalue weighted by molar-refractivity contribution is 6.30. The number of hydrogen-bond donors (Lipinski definition) is 0. The van der Waals surface area contributed by atoms with Crippen molar-refractivity contribution in [2.45, 2.75) is 0 Å². The van der Waals surface area contributed by atoms with Crippen molar-refractivity contribution in [3.8, 4) is 11.1 Å². The molecule has 14 heavy (non-hydrogen) atoms. The number of benzene rings is 2. The van der Waals surface area contributed by atoms with E-state index in [4.69, 9.17) is 11.6 Å². The number of halogens is 2. The molecule has 0 aliphatic heterocycles. The first-order valence-electron chi connectivity index (χ1n) is 4.19. The summed E-state index contributed by atoms with van der Waals surface area (Å²) in [5.74, 6) is -0.302. The maximum atomic E-state index is 13.4. The van der Waals surface area contributed by atoms with Crippen LogP contribution >= 0.6 is 11.6 Å². The van der Waals surface area contributed by atoms with Crippen molar-refractivity contribution in [3.63, 3.8) is 0 Å². The first-order chi connectivity index (χ1) is 6.77. The van der Waals surface area contributed by atoms with Crippen molar-refractivity contribution in [2.24, 2.45) is 0 Å². The van der Waals surface area contributed by atoms with Crippen LogP contribution in [0.1, 0.15) is 0 Å². The second kappa shape index (κ2) is 3.81. The molecule has 2 aromatic carbocycles. The normalized spacial score (nSPS) is 10.1. The Morgan fingerprint density at radius 2 is 1.79 bits per heavy atom. The van der Waals surface area contributed by atoms with E-state index in [1.807, 2.05) is 12.1 Å². The molecular formula is C12H7ClF. The van der Waals surface area contributed by atoms with Gasteiger partial charge in [-0.2, -0.15) is 0 Å². The molecule has 2 rings (SSSR count). The molecule has 0 fully saturated rings. The largest absolute Gasteiger partial charge is 0.206 e. The summed E-state index contributed by atoms with van der Waals surface area (Å²) < 4.78 is 13.4. The molecule has 2 aromatic rings. The molecule has 0 aliphatic carbocycles. The van der Waals surface area contributed by atoms with Crippen LogP contribution < -0.4 is 0 Å². The van der Waals surface area contributed by atoms with Gasteiger partial charge in [-0.05, 0) is 29.8 Å². The van der Waals surface area contributed by atoms with E-state index >= 15 is 0 Å². The molecule has 0 aromatic heterocycles. The maximum absolute atomic E-state index is 13.4. The molecular weight excluding hydrogens is 199 g/mol. The highest BCUT2D eigenvalue weighted by Gasteiger charge is 2.04. The minimum Gasteiger partial charge on any atom is -0.206 e. The van der Waals surface area contributed by atoms with Crippen LogP contribution in [0.3, 0.4) is 0 Å². The van der Waals surface area contributed by atoms with E-state index in [1.54, 1.807) is 24.3 Å². The Morgan fingerprint density at radius 1 is 1.07 bits per heavy atom. The van der Waals surface area contributed by atoms with Crippen molar-refractivity contribution in [1.82, 2.24) is 0 Å². The summed E-state index contributed by atoms with van der Waals surface area (Å²) in [5.41, 5.74) is 1.39. The monoisotopic (exact) mass is 205 g/mol. The standard InChI is InChI=1S/C12H7ClF/c13-10-6-7-11(12(14)8-10)9-4-2-1-3-5-9/h2-8H. The average molecular weight is 206 g/mol. The molecule has 0 amide bonds. The molecule has 1 radical (unpaired) electrons. The van der Waals surface area contributed by atoms with Crippen LogP contribution in [-0.4, -0.2) is 0 Å². The van der Waals surface area contributed by atoms with Gasteiger partial charge >= 0.3 is 0 Å². The second-order valence-electron chi connectivity index (χ2n) is 2.91. The third-order valence-electron chi connectivity index (χ3n) is 1.96. The van der Waals surface area contributed by atoms with E-state index in [0.717, 1.165) is 5.56 Å². The maximum Gasteiger partial charge on any atom is 0.132 e. The van der Waals surface area contributed by atoms with Crippen LogP contribution in [0.25, 0.3) is 11.1 Å². The average Bonchev–Trinajstić information content (AvgIpc) is 2.19. The van der Waals surface area contributed by atoms with Crippen molar-refractivity contribution >= 4 is 11.6 Å². The first kappa shape index (κ1) is 9.22. The lowest BCUT2D eigenvalue weighted by Crippen LogP contribution is -1.83. The fraction of sp³-hybridized carbons (Fsp3) is 0. The highest BCUT2D eigenvalue weighted by atomic mass is 35.5. The van der Waals surface area contributed by atoms with Crippen molar-refractivity contribution in [3.05, 3.63) is 59.4 Å². The lowest BCUT2D eigenvalue weighted by Gasteiger charge is -2.02. The van der Waals surface area contributed by atoms with E-state index in [-0.39, 0.29) is 5.82 Å². The molecule has 0 atom stereocenters. The fourth-order valence-corrected chi connectivity index (χ4v) is 1.45. The summed E-state index contributed by atoms with van der Waals surface area (Å²) in [5, 5.41) is 0.411. The third kappa shape index (κ3) is 1.78. The lowest BCUT2D eigenvalue weighted by molar-refractivity contribution is 0.631. The molecule has 2 heteroatoms. The van der Waals surface area contributed by atoms with Crippen LogP contribution in [0.2, 0.25) is 5.02 Å². The SMILES string of the molecule is Fc1cc(Cl)ccc1-c1cc[c]cc1. The van der Waals surface area contributed by atoms with E-state index < -0.39 is 0 Å². The molecule has 0 bridgehead atoms. The molecule has 0 spiro atoms. The Kier molecular flexibility index (Phi) is 2.51. The minimum atomic E-state index is -0.302. The van der Waals surface area contributed by atoms with Crippen LogP contribution in [0.15, 0.2) is 42.5 Å². The predicted octanol–water partition coefficient (Wildman–Crippen LogP) is 3.95. The minimum absolute atomic E-state index is 0.302. The van der Waals surface area contributed by atoms with Gasteiger partial charge in [0.25, 0.3) is 0 Å². The smallest absolute Gasteiger partial charge is 0.132 e. The summed E-state index contributed by atoms with van der Waals surface area (Å²) >= 11 is 5.66. The Balaban J connectivity index is 2.53. The molecule has 0 N–H and O–H groups in total. The quantitative estimate of drug-likeness (QED) is 0.662. The van der Waals surface area contributed by atoms with Gasteiger partial charge in [0.2, 0.25) is 0 Å². The van der Waals surface area contributed by atoms with Gasteiger partial charge in [-0.15, -0.1) is 0 Å². The van der Waals surface area contributed by atoms with Gasteiger partial charge in [0, 0.05) is 10.6 Å². The Labute approximate surface area is 87.0 Å². The van der Waals surface area contributed by atoms with Gasteiger partial charge in [0.1, 0.15) is 5.82 Å². The first-order valence-corrected chi connectivity index (χ1v) is 4.57. The molecule has 0 saturated heterocycles. The Hall–Kier alpha value is -1.34. The van der Waals surface area contributed by atoms with Crippen LogP contribution in [-0.2, 0) is 0 Å². The molecule has 0 nitrogen and oxygen atoms in total. The van der Waals surface area contributed by atoms with E-state index in [0.29, 0.717) is 10.6 Å². The van der Waals surface area contributed by atoms with E-state index in [2.05, 4.69) is 6.07 Å². The topological polar surface area (TPSA) is 0 Å². The summed E-state index contributed by atoms with van der Waals surface area (Å²) in [6.45, 7) is 0. The van der Waals surface area contributed by atoms with E-state index in [9.17, 15) is 4.39 Å². The molecule has 69 valence electrons. The van der Waals surface area contributed by atoms with E-state index in [1.165, 1.54) is 6.07 Å². The van der Waals surface area contributed by atoms with Crippen molar-refractivity contribution < 1.29 is 4.39 Å². The summed E-state index contributed by atoms with van der Waals surface area (Å²) in [7, 11) is 0. The molecule has 0 heterocycles. The van der Waals surface area contributed by atoms with Gasteiger partial charge in [-0.3, -0.25) is 0 Å². The molecule has 0 saturated carbocycles. The van der Waals surface area contributed by atoms with Gasteiger partial charge in [0.05, 0.1) is 0 Å². The fourth-order valence-electron chi connectivity index (χ4n) is 1.29. The number of rotatable bonds is 1. The predicted molar refractivity (Wildman–Crippen MR) is 55.7 cm³/mol. The zero-order valence-electron chi connectivity index (χ0n) is 7.30. The lowest BCUT2D eigenvalue weighted by atomic mass is 10.1. The summed E-state index contributed by atoms with van der Waals surface area (Å²) in [6.07, 6.45) is 0. The van der Waals surface area contributed by atoms with Crippen LogP contribution in [0.4, 0.5) is 4.39 Å². The zero-order valence-corrected chi connectivity index (χ0v) is 8.05. The number of hydrogen-bond acceptors (Lipinski definition) is 0. The highest BCUT2D eigenvalue weighted by Crippen LogP contribution is 2.24. The van der Waals surface area contributed by atoms with Gasteiger partial charge in [-0.1, -0.05) is 35.9 Å². The van der Waals surface area contributed by atoms with Gasteiger partial charge < -0.3 is 0 Å². The zero-order chi connectivity index (χ0) is 9.97. The summed E-state index contributed by atoms with van der Waals surface area (Å²) in [4.78, 5) is 0.